The monoisotopic (exact) mass is 313 g/mol. The number of rotatable bonds is 2. The molecule has 0 unspecified atom stereocenters. The van der Waals surface area contributed by atoms with Gasteiger partial charge in [0.1, 0.15) is 0 Å². The van der Waals surface area contributed by atoms with Gasteiger partial charge in [0.2, 0.25) is 0 Å². The Kier molecular flexibility index (Phi) is 3.87. The Hall–Kier alpha value is -0.740. The first-order chi connectivity index (χ1) is 8.49. The SMILES string of the molecule is COc1c(O)cc(C)c(C2(N)CCCCC2)c1Br. The van der Waals surface area contributed by atoms with Crippen LogP contribution in [-0.4, -0.2) is 12.2 Å². The summed E-state index contributed by atoms with van der Waals surface area (Å²) in [6, 6.07) is 1.74. The highest BCUT2D eigenvalue weighted by molar-refractivity contribution is 9.10. The van der Waals surface area contributed by atoms with E-state index < -0.39 is 0 Å². The molecular formula is C14H20BrNO2. The minimum absolute atomic E-state index is 0.157. The molecule has 0 aromatic heterocycles. The Bertz CT molecular complexity index is 454. The molecule has 0 aliphatic heterocycles. The maximum Gasteiger partial charge on any atom is 0.175 e. The highest BCUT2D eigenvalue weighted by Crippen LogP contribution is 2.46. The number of ether oxygens (including phenoxy) is 1. The average molecular weight is 314 g/mol. The number of halogens is 1. The third kappa shape index (κ3) is 2.24. The fourth-order valence-electron chi connectivity index (χ4n) is 2.98. The van der Waals surface area contributed by atoms with Crippen LogP contribution in [0.5, 0.6) is 11.5 Å². The van der Waals surface area contributed by atoms with E-state index in [0.29, 0.717) is 5.75 Å². The number of aromatic hydroxyl groups is 1. The molecule has 0 saturated heterocycles. The molecular weight excluding hydrogens is 294 g/mol. The summed E-state index contributed by atoms with van der Waals surface area (Å²) >= 11 is 3.55. The average Bonchev–Trinajstić information content (AvgIpc) is 2.29. The molecule has 3 N–H and O–H groups in total. The summed E-state index contributed by atoms with van der Waals surface area (Å²) in [7, 11) is 1.56. The maximum atomic E-state index is 9.88. The van der Waals surface area contributed by atoms with Crippen molar-refractivity contribution in [1.29, 1.82) is 0 Å². The van der Waals surface area contributed by atoms with E-state index in [1.165, 1.54) is 6.42 Å². The molecule has 1 aromatic carbocycles. The van der Waals surface area contributed by atoms with Crippen LogP contribution in [0, 0.1) is 6.92 Å². The van der Waals surface area contributed by atoms with Crippen molar-refractivity contribution in [3.05, 3.63) is 21.7 Å². The Morgan fingerprint density at radius 3 is 2.50 bits per heavy atom. The van der Waals surface area contributed by atoms with E-state index in [-0.39, 0.29) is 11.3 Å². The molecule has 1 aromatic rings. The second-order valence-corrected chi connectivity index (χ2v) is 5.94. The summed E-state index contributed by atoms with van der Waals surface area (Å²) in [6.07, 6.45) is 5.54. The van der Waals surface area contributed by atoms with Gasteiger partial charge in [-0.3, -0.25) is 0 Å². The fraction of sp³-hybridized carbons (Fsp3) is 0.571. The quantitative estimate of drug-likeness (QED) is 0.877. The summed E-state index contributed by atoms with van der Waals surface area (Å²) in [5, 5.41) is 9.88. The number of nitrogens with two attached hydrogens (primary N) is 1. The molecule has 0 bridgehead atoms. The van der Waals surface area contributed by atoms with Gasteiger partial charge >= 0.3 is 0 Å². The highest BCUT2D eigenvalue weighted by Gasteiger charge is 2.34. The molecule has 0 heterocycles. The van der Waals surface area contributed by atoms with Crippen LogP contribution in [0.25, 0.3) is 0 Å². The van der Waals surface area contributed by atoms with Crippen molar-refractivity contribution in [1.82, 2.24) is 0 Å². The number of hydrogen-bond acceptors (Lipinski definition) is 3. The van der Waals surface area contributed by atoms with Crippen LogP contribution in [0.3, 0.4) is 0 Å². The van der Waals surface area contributed by atoms with Gasteiger partial charge in [0.15, 0.2) is 11.5 Å². The van der Waals surface area contributed by atoms with Gasteiger partial charge in [0.05, 0.1) is 11.6 Å². The number of methoxy groups -OCH3 is 1. The molecule has 1 saturated carbocycles. The molecule has 1 aliphatic rings. The van der Waals surface area contributed by atoms with Gasteiger partial charge in [-0.05, 0) is 52.9 Å². The lowest BCUT2D eigenvalue weighted by Gasteiger charge is -2.36. The number of aryl methyl sites for hydroxylation is 1. The van der Waals surface area contributed by atoms with Crippen LogP contribution < -0.4 is 10.5 Å². The smallest absolute Gasteiger partial charge is 0.175 e. The van der Waals surface area contributed by atoms with Crippen molar-refractivity contribution in [2.24, 2.45) is 5.73 Å². The molecule has 2 rings (SSSR count). The van der Waals surface area contributed by atoms with Crippen molar-refractivity contribution in [2.45, 2.75) is 44.6 Å². The first kappa shape index (κ1) is 13.7. The largest absolute Gasteiger partial charge is 0.504 e. The molecule has 3 nitrogen and oxygen atoms in total. The van der Waals surface area contributed by atoms with Crippen molar-refractivity contribution in [3.63, 3.8) is 0 Å². The minimum atomic E-state index is -0.303. The first-order valence-electron chi connectivity index (χ1n) is 6.35. The Labute approximate surface area is 116 Å². The van der Waals surface area contributed by atoms with E-state index in [0.717, 1.165) is 41.3 Å². The lowest BCUT2D eigenvalue weighted by atomic mass is 9.76. The Balaban J connectivity index is 2.56. The lowest BCUT2D eigenvalue weighted by molar-refractivity contribution is 0.296. The van der Waals surface area contributed by atoms with E-state index >= 15 is 0 Å². The molecule has 4 heteroatoms. The zero-order chi connectivity index (χ0) is 13.3. The number of hydrogen-bond donors (Lipinski definition) is 2. The normalized spacial score (nSPS) is 18.7. The van der Waals surface area contributed by atoms with E-state index in [1.807, 2.05) is 6.92 Å². The van der Waals surface area contributed by atoms with Gasteiger partial charge < -0.3 is 15.6 Å². The summed E-state index contributed by atoms with van der Waals surface area (Å²) in [5.41, 5.74) is 8.38. The number of phenols is 1. The summed E-state index contributed by atoms with van der Waals surface area (Å²) in [4.78, 5) is 0. The molecule has 1 fully saturated rings. The van der Waals surface area contributed by atoms with Crippen molar-refractivity contribution in [3.8, 4) is 11.5 Å². The van der Waals surface area contributed by atoms with E-state index in [1.54, 1.807) is 13.2 Å². The maximum absolute atomic E-state index is 9.88. The zero-order valence-electron chi connectivity index (χ0n) is 10.9. The molecule has 0 spiro atoms. The van der Waals surface area contributed by atoms with Gasteiger partial charge in [0, 0.05) is 5.54 Å². The van der Waals surface area contributed by atoms with Gasteiger partial charge in [-0.25, -0.2) is 0 Å². The number of benzene rings is 1. The van der Waals surface area contributed by atoms with Crippen molar-refractivity contribution in [2.75, 3.05) is 7.11 Å². The predicted molar refractivity (Wildman–Crippen MR) is 76.0 cm³/mol. The molecule has 1 aliphatic carbocycles. The Morgan fingerprint density at radius 1 is 1.33 bits per heavy atom. The van der Waals surface area contributed by atoms with Crippen LogP contribution in [0.4, 0.5) is 0 Å². The summed E-state index contributed by atoms with van der Waals surface area (Å²) < 4.78 is 6.05. The third-order valence-electron chi connectivity index (χ3n) is 3.85. The van der Waals surface area contributed by atoms with Crippen molar-refractivity contribution >= 4 is 15.9 Å². The highest BCUT2D eigenvalue weighted by atomic mass is 79.9. The fourth-order valence-corrected chi connectivity index (χ4v) is 4.05. The van der Waals surface area contributed by atoms with E-state index in [9.17, 15) is 5.11 Å². The van der Waals surface area contributed by atoms with Gasteiger partial charge in [-0.2, -0.15) is 0 Å². The van der Waals surface area contributed by atoms with E-state index in [4.69, 9.17) is 10.5 Å². The van der Waals surface area contributed by atoms with Crippen LogP contribution >= 0.6 is 15.9 Å². The second-order valence-electron chi connectivity index (χ2n) is 5.15. The summed E-state index contributed by atoms with van der Waals surface area (Å²) in [6.45, 7) is 1.99. The molecule has 100 valence electrons. The standard InChI is InChI=1S/C14H20BrNO2/c1-9-8-10(17)13(18-2)12(15)11(9)14(16)6-4-3-5-7-14/h8,17H,3-7,16H2,1-2H3. The molecule has 0 radical (unpaired) electrons. The van der Waals surface area contributed by atoms with Gasteiger partial charge in [-0.15, -0.1) is 0 Å². The molecule has 0 atom stereocenters. The molecule has 18 heavy (non-hydrogen) atoms. The lowest BCUT2D eigenvalue weighted by Crippen LogP contribution is -2.39. The minimum Gasteiger partial charge on any atom is -0.504 e. The second kappa shape index (κ2) is 5.10. The first-order valence-corrected chi connectivity index (χ1v) is 7.14. The summed E-state index contributed by atoms with van der Waals surface area (Å²) in [5.74, 6) is 0.635. The van der Waals surface area contributed by atoms with Crippen LogP contribution in [0.1, 0.15) is 43.2 Å². The zero-order valence-corrected chi connectivity index (χ0v) is 12.5. The molecule has 0 amide bonds. The predicted octanol–water partition coefficient (Wildman–Crippen LogP) is 3.59. The van der Waals surface area contributed by atoms with Crippen LogP contribution in [0.2, 0.25) is 0 Å². The van der Waals surface area contributed by atoms with Crippen molar-refractivity contribution < 1.29 is 9.84 Å². The van der Waals surface area contributed by atoms with Gasteiger partial charge in [-0.1, -0.05) is 19.3 Å². The third-order valence-corrected chi connectivity index (χ3v) is 4.60. The number of phenolic OH excluding ortho intramolecular Hbond substituents is 1. The van der Waals surface area contributed by atoms with Crippen LogP contribution in [-0.2, 0) is 5.54 Å². The van der Waals surface area contributed by atoms with E-state index in [2.05, 4.69) is 15.9 Å². The van der Waals surface area contributed by atoms with Crippen LogP contribution in [0.15, 0.2) is 10.5 Å². The Morgan fingerprint density at radius 2 is 1.94 bits per heavy atom. The topological polar surface area (TPSA) is 55.5 Å². The van der Waals surface area contributed by atoms with Gasteiger partial charge in [0.25, 0.3) is 0 Å².